The average molecular weight is 326 g/mol. The first-order valence-electron chi connectivity index (χ1n) is 7.84. The molecule has 126 valence electrons. The van der Waals surface area contributed by atoms with E-state index in [1.807, 2.05) is 19.9 Å². The van der Waals surface area contributed by atoms with Crippen LogP contribution in [0.1, 0.15) is 39.6 Å². The smallest absolute Gasteiger partial charge is 0.255 e. The number of hydrogen-bond donors (Lipinski definition) is 3. The largest absolute Gasteiger partial charge is 0.352 e. The second-order valence-corrected chi connectivity index (χ2v) is 5.71. The third-order valence-electron chi connectivity index (χ3n) is 3.58. The van der Waals surface area contributed by atoms with Crippen molar-refractivity contribution in [3.8, 4) is 0 Å². The van der Waals surface area contributed by atoms with Crippen LogP contribution in [-0.2, 0) is 0 Å². The van der Waals surface area contributed by atoms with Crippen LogP contribution >= 0.6 is 0 Å². The van der Waals surface area contributed by atoms with E-state index >= 15 is 0 Å². The van der Waals surface area contributed by atoms with Crippen LogP contribution in [-0.4, -0.2) is 29.4 Å². The number of aryl methyl sites for hydroxylation is 1. The van der Waals surface area contributed by atoms with Gasteiger partial charge in [0.05, 0.1) is 11.3 Å². The molecule has 0 radical (unpaired) electrons. The van der Waals surface area contributed by atoms with E-state index in [4.69, 9.17) is 5.73 Å². The third-order valence-corrected chi connectivity index (χ3v) is 3.58. The monoisotopic (exact) mass is 326 g/mol. The molecule has 0 aliphatic carbocycles. The zero-order chi connectivity index (χ0) is 17.5. The number of hydrogen-bond acceptors (Lipinski definition) is 4. The van der Waals surface area contributed by atoms with Crippen LogP contribution in [0.25, 0.3) is 0 Å². The number of benzene rings is 1. The number of rotatable bonds is 6. The number of carbonyl (C=O) groups excluding carboxylic acids is 2. The van der Waals surface area contributed by atoms with Gasteiger partial charge in [-0.15, -0.1) is 0 Å². The molecule has 2 amide bonds. The zero-order valence-electron chi connectivity index (χ0n) is 13.9. The molecule has 2 rings (SSSR count). The van der Waals surface area contributed by atoms with E-state index in [9.17, 15) is 9.59 Å². The molecule has 6 heteroatoms. The second-order valence-electron chi connectivity index (χ2n) is 5.71. The Bertz CT molecular complexity index is 714. The fraction of sp³-hybridized carbons (Fsp3) is 0.278. The summed E-state index contributed by atoms with van der Waals surface area (Å²) in [5, 5.41) is 5.65. The predicted octanol–water partition coefficient (Wildman–Crippen LogP) is 2.11. The molecule has 0 saturated heterocycles. The van der Waals surface area contributed by atoms with Gasteiger partial charge >= 0.3 is 0 Å². The quantitative estimate of drug-likeness (QED) is 0.757. The number of aromatic nitrogens is 1. The van der Waals surface area contributed by atoms with Crippen LogP contribution in [0.15, 0.2) is 42.7 Å². The molecule has 1 aromatic carbocycles. The third kappa shape index (κ3) is 4.63. The van der Waals surface area contributed by atoms with Crippen molar-refractivity contribution in [3.63, 3.8) is 0 Å². The highest BCUT2D eigenvalue weighted by atomic mass is 16.2. The Labute approximate surface area is 141 Å². The van der Waals surface area contributed by atoms with Crippen molar-refractivity contribution in [1.29, 1.82) is 0 Å². The standard InChI is InChI=1S/C18H22N4O2/c1-12-4-3-5-15(18(24)21-11-6-13(2)19)16(12)22-17(23)14-7-9-20-10-8-14/h3-5,7-10,13H,6,11,19H2,1-2H3,(H,21,24)(H,22,23). The van der Waals surface area contributed by atoms with Crippen LogP contribution in [0.4, 0.5) is 5.69 Å². The number of para-hydroxylation sites is 1. The van der Waals surface area contributed by atoms with E-state index in [0.29, 0.717) is 29.8 Å². The molecule has 1 aromatic heterocycles. The van der Waals surface area contributed by atoms with Crippen LogP contribution in [0.5, 0.6) is 0 Å². The predicted molar refractivity (Wildman–Crippen MR) is 94.0 cm³/mol. The Balaban J connectivity index is 2.17. The minimum absolute atomic E-state index is 0.0219. The van der Waals surface area contributed by atoms with Crippen molar-refractivity contribution in [1.82, 2.24) is 10.3 Å². The molecule has 1 unspecified atom stereocenters. The first kappa shape index (κ1) is 17.6. The Hall–Kier alpha value is -2.73. The van der Waals surface area contributed by atoms with Gasteiger partial charge in [0.1, 0.15) is 0 Å². The van der Waals surface area contributed by atoms with Gasteiger partial charge in [0.15, 0.2) is 0 Å². The van der Waals surface area contributed by atoms with Gasteiger partial charge in [0.25, 0.3) is 11.8 Å². The number of amides is 2. The van der Waals surface area contributed by atoms with Crippen molar-refractivity contribution in [2.45, 2.75) is 26.3 Å². The van der Waals surface area contributed by atoms with Crippen LogP contribution in [0.3, 0.4) is 0 Å². The van der Waals surface area contributed by atoms with E-state index in [-0.39, 0.29) is 17.9 Å². The summed E-state index contributed by atoms with van der Waals surface area (Å²) in [6, 6.07) is 8.59. The summed E-state index contributed by atoms with van der Waals surface area (Å²) in [5.74, 6) is -0.513. The highest BCUT2D eigenvalue weighted by Crippen LogP contribution is 2.21. The van der Waals surface area contributed by atoms with Crippen LogP contribution < -0.4 is 16.4 Å². The SMILES string of the molecule is Cc1cccc(C(=O)NCCC(C)N)c1NC(=O)c1ccncc1. The lowest BCUT2D eigenvalue weighted by Gasteiger charge is -2.14. The molecular weight excluding hydrogens is 304 g/mol. The highest BCUT2D eigenvalue weighted by Gasteiger charge is 2.16. The maximum absolute atomic E-state index is 12.4. The summed E-state index contributed by atoms with van der Waals surface area (Å²) in [5.41, 5.74) is 7.93. The van der Waals surface area contributed by atoms with Gasteiger partial charge in [0.2, 0.25) is 0 Å². The number of nitrogens with zero attached hydrogens (tertiary/aromatic N) is 1. The molecule has 4 N–H and O–H groups in total. The maximum Gasteiger partial charge on any atom is 0.255 e. The number of anilines is 1. The summed E-state index contributed by atoms with van der Waals surface area (Å²) in [7, 11) is 0. The van der Waals surface area contributed by atoms with Crippen LogP contribution in [0, 0.1) is 6.92 Å². The van der Waals surface area contributed by atoms with Gasteiger partial charge < -0.3 is 16.4 Å². The van der Waals surface area contributed by atoms with Crippen molar-refractivity contribution < 1.29 is 9.59 Å². The number of nitrogens with one attached hydrogen (secondary N) is 2. The summed E-state index contributed by atoms with van der Waals surface area (Å²) in [4.78, 5) is 28.7. The zero-order valence-corrected chi connectivity index (χ0v) is 13.9. The summed E-state index contributed by atoms with van der Waals surface area (Å²) >= 11 is 0. The fourth-order valence-electron chi connectivity index (χ4n) is 2.22. The summed E-state index contributed by atoms with van der Waals surface area (Å²) < 4.78 is 0. The van der Waals surface area contributed by atoms with E-state index in [1.165, 1.54) is 0 Å². The summed E-state index contributed by atoms with van der Waals surface area (Å²) in [6.07, 6.45) is 3.79. The minimum atomic E-state index is -0.281. The molecule has 0 fully saturated rings. The first-order chi connectivity index (χ1) is 11.5. The van der Waals surface area contributed by atoms with Crippen molar-refractivity contribution in [2.24, 2.45) is 5.73 Å². The van der Waals surface area contributed by atoms with Crippen molar-refractivity contribution in [2.75, 3.05) is 11.9 Å². The lowest BCUT2D eigenvalue weighted by molar-refractivity contribution is 0.0953. The molecule has 0 aliphatic heterocycles. The Morgan fingerprint density at radius 2 is 1.88 bits per heavy atom. The highest BCUT2D eigenvalue weighted by molar-refractivity contribution is 6.09. The lowest BCUT2D eigenvalue weighted by atomic mass is 10.1. The Morgan fingerprint density at radius 1 is 1.17 bits per heavy atom. The molecule has 0 bridgehead atoms. The van der Waals surface area contributed by atoms with Crippen molar-refractivity contribution >= 4 is 17.5 Å². The first-order valence-corrected chi connectivity index (χ1v) is 7.84. The van der Waals surface area contributed by atoms with Crippen LogP contribution in [0.2, 0.25) is 0 Å². The van der Waals surface area contributed by atoms with Crippen molar-refractivity contribution in [3.05, 3.63) is 59.4 Å². The van der Waals surface area contributed by atoms with E-state index in [2.05, 4.69) is 15.6 Å². The Morgan fingerprint density at radius 3 is 2.54 bits per heavy atom. The normalized spacial score (nSPS) is 11.6. The molecule has 1 atom stereocenters. The van der Waals surface area contributed by atoms with Gasteiger partial charge in [-0.1, -0.05) is 12.1 Å². The fourth-order valence-corrected chi connectivity index (χ4v) is 2.22. The topological polar surface area (TPSA) is 97.1 Å². The van der Waals surface area contributed by atoms with Gasteiger partial charge in [0, 0.05) is 30.5 Å². The molecule has 24 heavy (non-hydrogen) atoms. The minimum Gasteiger partial charge on any atom is -0.352 e. The second kappa shape index (κ2) is 8.21. The molecule has 1 heterocycles. The van der Waals surface area contributed by atoms with Gasteiger partial charge in [-0.25, -0.2) is 0 Å². The number of pyridine rings is 1. The van der Waals surface area contributed by atoms with Gasteiger partial charge in [-0.2, -0.15) is 0 Å². The number of nitrogens with two attached hydrogens (primary N) is 1. The molecule has 0 saturated carbocycles. The lowest BCUT2D eigenvalue weighted by Crippen LogP contribution is -2.30. The van der Waals surface area contributed by atoms with Gasteiger partial charge in [-0.05, 0) is 44.0 Å². The molecule has 2 aromatic rings. The van der Waals surface area contributed by atoms with E-state index < -0.39 is 0 Å². The summed E-state index contributed by atoms with van der Waals surface area (Å²) in [6.45, 7) is 4.22. The maximum atomic E-state index is 12.4. The van der Waals surface area contributed by atoms with Gasteiger partial charge in [-0.3, -0.25) is 14.6 Å². The molecule has 6 nitrogen and oxygen atoms in total. The van der Waals surface area contributed by atoms with E-state index in [0.717, 1.165) is 5.56 Å². The molecule has 0 spiro atoms. The Kier molecular flexibility index (Phi) is 6.03. The molecule has 0 aliphatic rings. The molecular formula is C18H22N4O2. The average Bonchev–Trinajstić information content (AvgIpc) is 2.57. The number of carbonyl (C=O) groups is 2. The van der Waals surface area contributed by atoms with E-state index in [1.54, 1.807) is 36.7 Å².